The summed E-state index contributed by atoms with van der Waals surface area (Å²) in [5, 5.41) is 8.24. The predicted molar refractivity (Wildman–Crippen MR) is 100 cm³/mol. The average molecular weight is 369 g/mol. The second kappa shape index (κ2) is 8.53. The fourth-order valence-corrected chi connectivity index (χ4v) is 2.92. The van der Waals surface area contributed by atoms with Gasteiger partial charge in [0.05, 0.1) is 5.75 Å². The van der Waals surface area contributed by atoms with Gasteiger partial charge in [0, 0.05) is 12.7 Å². The maximum atomic E-state index is 12.3. The fourth-order valence-electron chi connectivity index (χ4n) is 2.22. The van der Waals surface area contributed by atoms with Gasteiger partial charge >= 0.3 is 0 Å². The Balaban J connectivity index is 1.50. The Morgan fingerprint density at radius 2 is 1.96 bits per heavy atom. The van der Waals surface area contributed by atoms with Crippen LogP contribution < -0.4 is 9.64 Å². The van der Waals surface area contributed by atoms with E-state index in [9.17, 15) is 4.79 Å². The molecule has 0 fully saturated rings. The summed E-state index contributed by atoms with van der Waals surface area (Å²) in [6.07, 6.45) is 0. The van der Waals surface area contributed by atoms with E-state index in [1.807, 2.05) is 61.5 Å². The maximum Gasteiger partial charge on any atom is 0.277 e. The number of ether oxygens (including phenoxy) is 1. The smallest absolute Gasteiger partial charge is 0.277 e. The van der Waals surface area contributed by atoms with Gasteiger partial charge < -0.3 is 14.1 Å². The van der Waals surface area contributed by atoms with Crippen molar-refractivity contribution in [1.29, 1.82) is 0 Å². The Hall–Kier alpha value is -2.80. The molecule has 0 atom stereocenters. The summed E-state index contributed by atoms with van der Waals surface area (Å²) >= 11 is 1.21. The molecule has 0 unspecified atom stereocenters. The zero-order chi connectivity index (χ0) is 18.4. The van der Waals surface area contributed by atoms with Gasteiger partial charge in [-0.05, 0) is 36.8 Å². The van der Waals surface area contributed by atoms with Gasteiger partial charge in [0.15, 0.2) is 6.61 Å². The van der Waals surface area contributed by atoms with Gasteiger partial charge in [0.1, 0.15) is 5.75 Å². The van der Waals surface area contributed by atoms with E-state index in [4.69, 9.17) is 9.15 Å². The highest BCUT2D eigenvalue weighted by Gasteiger charge is 2.14. The van der Waals surface area contributed by atoms with Crippen LogP contribution in [0.5, 0.6) is 5.75 Å². The van der Waals surface area contributed by atoms with Crippen molar-refractivity contribution in [2.24, 2.45) is 0 Å². The zero-order valence-electron chi connectivity index (χ0n) is 14.6. The van der Waals surface area contributed by atoms with Crippen LogP contribution in [0.15, 0.2) is 64.2 Å². The molecule has 0 radical (unpaired) electrons. The minimum absolute atomic E-state index is 0.0445. The van der Waals surface area contributed by atoms with Crippen molar-refractivity contribution in [3.05, 3.63) is 66.1 Å². The number of nitrogens with zero attached hydrogens (tertiary/aromatic N) is 3. The molecule has 6 nitrogen and oxygen atoms in total. The van der Waals surface area contributed by atoms with Gasteiger partial charge in [-0.1, -0.05) is 42.1 Å². The molecule has 1 amide bonds. The van der Waals surface area contributed by atoms with E-state index in [-0.39, 0.29) is 18.3 Å². The van der Waals surface area contributed by atoms with Crippen LogP contribution in [0.2, 0.25) is 0 Å². The molecule has 0 spiro atoms. The molecule has 0 bridgehead atoms. The van der Waals surface area contributed by atoms with E-state index in [1.165, 1.54) is 11.8 Å². The van der Waals surface area contributed by atoms with Crippen molar-refractivity contribution in [3.8, 4) is 5.75 Å². The quantitative estimate of drug-likeness (QED) is 0.592. The molecule has 0 saturated carbocycles. The number of hydrogen-bond donors (Lipinski definition) is 0. The summed E-state index contributed by atoms with van der Waals surface area (Å²) < 4.78 is 11.1. The third-order valence-corrected chi connectivity index (χ3v) is 4.44. The van der Waals surface area contributed by atoms with Crippen LogP contribution in [0.4, 0.5) is 5.69 Å². The van der Waals surface area contributed by atoms with Gasteiger partial charge in [-0.15, -0.1) is 10.2 Å². The summed E-state index contributed by atoms with van der Waals surface area (Å²) in [7, 11) is 1.74. The first-order chi connectivity index (χ1) is 12.6. The van der Waals surface area contributed by atoms with Crippen LogP contribution in [-0.4, -0.2) is 28.9 Å². The SMILES string of the molecule is Cc1cccc(OCc2nnc(SCC(=O)N(C)c3ccccc3)o2)c1. The van der Waals surface area contributed by atoms with Crippen LogP contribution in [0, 0.1) is 6.92 Å². The van der Waals surface area contributed by atoms with Crippen molar-refractivity contribution in [3.63, 3.8) is 0 Å². The lowest BCUT2D eigenvalue weighted by Crippen LogP contribution is -2.27. The van der Waals surface area contributed by atoms with Crippen LogP contribution >= 0.6 is 11.8 Å². The molecule has 3 aromatic rings. The summed E-state index contributed by atoms with van der Waals surface area (Å²) in [6.45, 7) is 2.19. The maximum absolute atomic E-state index is 12.3. The summed E-state index contributed by atoms with van der Waals surface area (Å²) in [5.41, 5.74) is 1.96. The second-order valence-corrected chi connectivity index (χ2v) is 6.57. The summed E-state index contributed by atoms with van der Waals surface area (Å²) in [5.74, 6) is 1.29. The molecule has 0 saturated heterocycles. The standard InChI is InChI=1S/C19H19N3O3S/c1-14-7-6-10-16(11-14)24-12-17-20-21-19(25-17)26-13-18(23)22(2)15-8-4-3-5-9-15/h3-11H,12-13H2,1-2H3. The highest BCUT2D eigenvalue weighted by atomic mass is 32.2. The van der Waals surface area contributed by atoms with E-state index >= 15 is 0 Å². The number of thioether (sulfide) groups is 1. The number of aryl methyl sites for hydroxylation is 1. The lowest BCUT2D eigenvalue weighted by Gasteiger charge is -2.16. The van der Waals surface area contributed by atoms with Crippen molar-refractivity contribution in [1.82, 2.24) is 10.2 Å². The molecule has 1 heterocycles. The Kier molecular flexibility index (Phi) is 5.91. The number of amides is 1. The Morgan fingerprint density at radius 1 is 1.15 bits per heavy atom. The largest absolute Gasteiger partial charge is 0.484 e. The normalized spacial score (nSPS) is 10.5. The molecule has 0 aliphatic heterocycles. The van der Waals surface area contributed by atoms with E-state index < -0.39 is 0 Å². The van der Waals surface area contributed by atoms with Crippen LogP contribution in [0.1, 0.15) is 11.5 Å². The number of rotatable bonds is 7. The number of carbonyl (C=O) groups is 1. The minimum Gasteiger partial charge on any atom is -0.484 e. The van der Waals surface area contributed by atoms with Crippen molar-refractivity contribution >= 4 is 23.4 Å². The van der Waals surface area contributed by atoms with Crippen LogP contribution in [-0.2, 0) is 11.4 Å². The molecule has 7 heteroatoms. The second-order valence-electron chi connectivity index (χ2n) is 5.64. The Labute approximate surface area is 156 Å². The summed E-state index contributed by atoms with van der Waals surface area (Å²) in [6, 6.07) is 17.2. The van der Waals surface area contributed by atoms with Gasteiger partial charge in [0.25, 0.3) is 11.1 Å². The third kappa shape index (κ3) is 4.86. The van der Waals surface area contributed by atoms with Crippen LogP contribution in [0.25, 0.3) is 0 Å². The zero-order valence-corrected chi connectivity index (χ0v) is 15.4. The number of hydrogen-bond acceptors (Lipinski definition) is 6. The molecule has 3 rings (SSSR count). The number of anilines is 1. The molecule has 26 heavy (non-hydrogen) atoms. The van der Waals surface area contributed by atoms with E-state index in [1.54, 1.807) is 11.9 Å². The fraction of sp³-hybridized carbons (Fsp3) is 0.211. The van der Waals surface area contributed by atoms with Gasteiger partial charge in [0.2, 0.25) is 5.91 Å². The Morgan fingerprint density at radius 3 is 2.73 bits per heavy atom. The first-order valence-corrected chi connectivity index (χ1v) is 9.06. The molecule has 134 valence electrons. The first kappa shape index (κ1) is 18.0. The molecular formula is C19H19N3O3S. The number of benzene rings is 2. The van der Waals surface area contributed by atoms with E-state index in [0.717, 1.165) is 17.0 Å². The monoisotopic (exact) mass is 369 g/mol. The van der Waals surface area contributed by atoms with Crippen molar-refractivity contribution < 1.29 is 13.9 Å². The van der Waals surface area contributed by atoms with Gasteiger partial charge in [-0.2, -0.15) is 0 Å². The summed E-state index contributed by atoms with van der Waals surface area (Å²) in [4.78, 5) is 13.9. The van der Waals surface area contributed by atoms with Crippen LogP contribution in [0.3, 0.4) is 0 Å². The highest BCUT2D eigenvalue weighted by Crippen LogP contribution is 2.20. The van der Waals surface area contributed by atoms with Gasteiger partial charge in [-0.3, -0.25) is 4.79 Å². The number of aromatic nitrogens is 2. The molecule has 1 aromatic heterocycles. The van der Waals surface area contributed by atoms with E-state index in [0.29, 0.717) is 11.1 Å². The minimum atomic E-state index is -0.0445. The van der Waals surface area contributed by atoms with Gasteiger partial charge in [-0.25, -0.2) is 0 Å². The van der Waals surface area contributed by atoms with E-state index in [2.05, 4.69) is 10.2 Å². The Bertz CT molecular complexity index is 867. The molecule has 0 N–H and O–H groups in total. The number of para-hydroxylation sites is 1. The predicted octanol–water partition coefficient (Wildman–Crippen LogP) is 3.71. The lowest BCUT2D eigenvalue weighted by atomic mass is 10.2. The molecular weight excluding hydrogens is 350 g/mol. The molecule has 2 aromatic carbocycles. The average Bonchev–Trinajstić information content (AvgIpc) is 3.12. The highest BCUT2D eigenvalue weighted by molar-refractivity contribution is 7.99. The topological polar surface area (TPSA) is 68.5 Å². The van der Waals surface area contributed by atoms with Crippen molar-refractivity contribution in [2.45, 2.75) is 18.8 Å². The third-order valence-electron chi connectivity index (χ3n) is 3.64. The molecule has 0 aliphatic rings. The van der Waals surface area contributed by atoms with Crippen molar-refractivity contribution in [2.75, 3.05) is 17.7 Å². The first-order valence-electron chi connectivity index (χ1n) is 8.08. The lowest BCUT2D eigenvalue weighted by molar-refractivity contribution is -0.115. The molecule has 0 aliphatic carbocycles. The number of carbonyl (C=O) groups excluding carboxylic acids is 1.